The highest BCUT2D eigenvalue weighted by Gasteiger charge is 2.66. The second kappa shape index (κ2) is 8.00. The van der Waals surface area contributed by atoms with Crippen LogP contribution in [0.5, 0.6) is 5.75 Å². The van der Waals surface area contributed by atoms with Crippen LogP contribution in [0.1, 0.15) is 82.1 Å². The van der Waals surface area contributed by atoms with Crippen LogP contribution < -0.4 is 4.74 Å². The van der Waals surface area contributed by atoms with Crippen LogP contribution in [-0.2, 0) is 19.3 Å². The Kier molecular flexibility index (Phi) is 5.23. The third-order valence-electron chi connectivity index (χ3n) is 8.85. The Morgan fingerprint density at radius 2 is 1.62 bits per heavy atom. The van der Waals surface area contributed by atoms with Gasteiger partial charge < -0.3 is 14.6 Å². The molecule has 0 radical (unpaired) electrons. The molecule has 1 saturated heterocycles. The molecule has 6 nitrogen and oxygen atoms in total. The summed E-state index contributed by atoms with van der Waals surface area (Å²) in [5, 5.41) is 8.71. The van der Waals surface area contributed by atoms with E-state index in [9.17, 15) is 4.79 Å². The fraction of sp³-hybridized carbons (Fsp3) is 0.731. The number of benzene rings is 1. The van der Waals surface area contributed by atoms with Crippen molar-refractivity contribution >= 4 is 5.97 Å². The zero-order valence-electron chi connectivity index (χ0n) is 18.7. The van der Waals surface area contributed by atoms with Gasteiger partial charge in [0.05, 0.1) is 6.61 Å². The minimum Gasteiger partial charge on any atom is -0.494 e. The van der Waals surface area contributed by atoms with Gasteiger partial charge in [-0.3, -0.25) is 4.79 Å². The lowest BCUT2D eigenvalue weighted by Gasteiger charge is -2.57. The van der Waals surface area contributed by atoms with E-state index < -0.39 is 17.5 Å². The third-order valence-corrected chi connectivity index (χ3v) is 8.85. The van der Waals surface area contributed by atoms with Crippen LogP contribution in [0.15, 0.2) is 24.3 Å². The third kappa shape index (κ3) is 3.64. The van der Waals surface area contributed by atoms with Gasteiger partial charge in [0.1, 0.15) is 5.75 Å². The standard InChI is InChI=1S/C26H34O6/c27-24(28)2-1-11-29-23-5-3-19(4-6-23)20-7-9-25(10-8-20)30-26(32-31-25)21-13-17-12-18(15-21)16-22(26)14-17/h3-6,17-18,20-22H,1-2,7-16H2,(H,27,28). The summed E-state index contributed by atoms with van der Waals surface area (Å²) in [7, 11) is 0. The second-order valence-electron chi connectivity index (χ2n) is 10.9. The summed E-state index contributed by atoms with van der Waals surface area (Å²) in [4.78, 5) is 22.8. The molecule has 0 amide bonds. The van der Waals surface area contributed by atoms with Crippen molar-refractivity contribution in [1.82, 2.24) is 0 Å². The molecule has 1 aromatic rings. The molecule has 7 rings (SSSR count). The summed E-state index contributed by atoms with van der Waals surface area (Å²) >= 11 is 0. The molecule has 1 aliphatic heterocycles. The maximum atomic E-state index is 10.6. The van der Waals surface area contributed by atoms with Gasteiger partial charge in [-0.25, -0.2) is 0 Å². The number of carboxylic acids is 1. The zero-order chi connectivity index (χ0) is 21.8. The lowest BCUT2D eigenvalue weighted by Crippen LogP contribution is -2.59. The first-order valence-electron chi connectivity index (χ1n) is 12.6. The van der Waals surface area contributed by atoms with E-state index in [-0.39, 0.29) is 6.42 Å². The quantitative estimate of drug-likeness (QED) is 0.469. The first kappa shape index (κ1) is 20.9. The average molecular weight is 443 g/mol. The highest BCUT2D eigenvalue weighted by molar-refractivity contribution is 5.66. The molecule has 1 N–H and O–H groups in total. The van der Waals surface area contributed by atoms with Crippen molar-refractivity contribution in [3.63, 3.8) is 0 Å². The Hall–Kier alpha value is -1.63. The minimum atomic E-state index is -0.783. The van der Waals surface area contributed by atoms with Crippen molar-refractivity contribution in [3.05, 3.63) is 29.8 Å². The van der Waals surface area contributed by atoms with Crippen LogP contribution >= 0.6 is 0 Å². The van der Waals surface area contributed by atoms with Gasteiger partial charge >= 0.3 is 5.97 Å². The largest absolute Gasteiger partial charge is 0.494 e. The van der Waals surface area contributed by atoms with E-state index in [4.69, 9.17) is 24.4 Å². The first-order valence-corrected chi connectivity index (χ1v) is 12.6. The fourth-order valence-electron chi connectivity index (χ4n) is 7.44. The summed E-state index contributed by atoms with van der Waals surface area (Å²) in [6.45, 7) is 0.428. The van der Waals surface area contributed by atoms with Crippen LogP contribution in [0.25, 0.3) is 0 Å². The van der Waals surface area contributed by atoms with Crippen molar-refractivity contribution in [3.8, 4) is 5.75 Å². The predicted molar refractivity (Wildman–Crippen MR) is 116 cm³/mol. The van der Waals surface area contributed by atoms with Gasteiger partial charge in [0.25, 0.3) is 0 Å². The predicted octanol–water partition coefficient (Wildman–Crippen LogP) is 5.41. The Labute approximate surface area is 189 Å². The molecule has 6 heteroatoms. The summed E-state index contributed by atoms with van der Waals surface area (Å²) in [6, 6.07) is 8.27. The number of hydrogen-bond donors (Lipinski definition) is 1. The smallest absolute Gasteiger partial charge is 0.303 e. The number of ether oxygens (including phenoxy) is 2. The van der Waals surface area contributed by atoms with Crippen molar-refractivity contribution in [2.45, 2.75) is 88.1 Å². The topological polar surface area (TPSA) is 74.2 Å². The van der Waals surface area contributed by atoms with Gasteiger partial charge in [0, 0.05) is 31.1 Å². The molecular formula is C26H34O6. The highest BCUT2D eigenvalue weighted by Crippen LogP contribution is 2.64. The second-order valence-corrected chi connectivity index (χ2v) is 10.9. The van der Waals surface area contributed by atoms with Crippen LogP contribution in [0.4, 0.5) is 0 Å². The number of carbonyl (C=O) groups is 1. The SMILES string of the molecule is O=C(O)CCCOc1ccc(C2CCC3(CC2)OOC2(O3)C3CC4CC(C3)CC2C4)cc1. The Balaban J connectivity index is 1.04. The first-order chi connectivity index (χ1) is 15.5. The molecule has 5 saturated carbocycles. The maximum absolute atomic E-state index is 10.6. The van der Waals surface area contributed by atoms with E-state index in [1.165, 1.54) is 37.7 Å². The van der Waals surface area contributed by atoms with Gasteiger partial charge in [-0.1, -0.05) is 12.1 Å². The van der Waals surface area contributed by atoms with E-state index >= 15 is 0 Å². The molecule has 0 aromatic heterocycles. The maximum Gasteiger partial charge on any atom is 0.303 e. The Bertz CT molecular complexity index is 812. The Morgan fingerprint density at radius 1 is 0.969 bits per heavy atom. The summed E-state index contributed by atoms with van der Waals surface area (Å²) in [6.07, 6.45) is 10.9. The number of carboxylic acid groups (broad SMARTS) is 1. The molecule has 2 spiro atoms. The molecular weight excluding hydrogens is 408 g/mol. The average Bonchev–Trinajstić information content (AvgIpc) is 3.15. The normalized spacial score (nSPS) is 42.1. The number of aliphatic carboxylic acids is 1. The van der Waals surface area contributed by atoms with Crippen molar-refractivity contribution in [2.75, 3.05) is 6.61 Å². The molecule has 4 bridgehead atoms. The molecule has 5 aliphatic carbocycles. The molecule has 0 atom stereocenters. The van der Waals surface area contributed by atoms with Crippen LogP contribution in [0.2, 0.25) is 0 Å². The molecule has 32 heavy (non-hydrogen) atoms. The van der Waals surface area contributed by atoms with Gasteiger partial charge in [-0.15, -0.1) is 0 Å². The van der Waals surface area contributed by atoms with E-state index in [1.807, 2.05) is 12.1 Å². The monoisotopic (exact) mass is 442 g/mol. The molecule has 1 heterocycles. The van der Waals surface area contributed by atoms with Crippen molar-refractivity contribution < 1.29 is 29.1 Å². The fourth-order valence-corrected chi connectivity index (χ4v) is 7.44. The molecule has 174 valence electrons. The molecule has 1 aromatic carbocycles. The van der Waals surface area contributed by atoms with E-state index in [2.05, 4.69) is 12.1 Å². The van der Waals surface area contributed by atoms with Gasteiger partial charge in [0.15, 0.2) is 0 Å². The molecule has 6 aliphatic rings. The van der Waals surface area contributed by atoms with E-state index in [0.717, 1.165) is 43.3 Å². The van der Waals surface area contributed by atoms with E-state index in [1.54, 1.807) is 0 Å². The summed E-state index contributed by atoms with van der Waals surface area (Å²) in [5.74, 6) is 2.26. The van der Waals surface area contributed by atoms with Gasteiger partial charge in [0.2, 0.25) is 11.6 Å². The van der Waals surface area contributed by atoms with Crippen molar-refractivity contribution in [1.29, 1.82) is 0 Å². The Morgan fingerprint density at radius 3 is 2.25 bits per heavy atom. The molecule has 0 unspecified atom stereocenters. The van der Waals surface area contributed by atoms with Crippen LogP contribution in [0, 0.1) is 23.7 Å². The van der Waals surface area contributed by atoms with Crippen LogP contribution in [0.3, 0.4) is 0 Å². The number of rotatable bonds is 6. The van der Waals surface area contributed by atoms with Gasteiger partial charge in [-0.2, -0.15) is 9.78 Å². The van der Waals surface area contributed by atoms with Crippen molar-refractivity contribution in [2.24, 2.45) is 23.7 Å². The number of hydrogen-bond acceptors (Lipinski definition) is 5. The lowest BCUT2D eigenvalue weighted by atomic mass is 9.53. The van der Waals surface area contributed by atoms with Gasteiger partial charge in [-0.05, 0) is 86.8 Å². The lowest BCUT2D eigenvalue weighted by molar-refractivity contribution is -0.390. The summed E-state index contributed by atoms with van der Waals surface area (Å²) < 4.78 is 12.5. The highest BCUT2D eigenvalue weighted by atomic mass is 17.3. The van der Waals surface area contributed by atoms with Crippen LogP contribution in [-0.4, -0.2) is 29.3 Å². The molecule has 6 fully saturated rings. The minimum absolute atomic E-state index is 0.139. The van der Waals surface area contributed by atoms with E-state index in [0.29, 0.717) is 30.8 Å². The zero-order valence-corrected chi connectivity index (χ0v) is 18.7. The summed E-state index contributed by atoms with van der Waals surface area (Å²) in [5.41, 5.74) is 1.32.